The number of para-hydroxylation sites is 1. The number of amides is 2. The summed E-state index contributed by atoms with van der Waals surface area (Å²) >= 11 is 0. The van der Waals surface area contributed by atoms with Gasteiger partial charge in [0.1, 0.15) is 0 Å². The number of rotatable bonds is 4. The number of nitrogens with one attached hydrogen (secondary N) is 2. The molecule has 0 aliphatic heterocycles. The number of anilines is 1. The molecule has 0 saturated heterocycles. The molecule has 2 rings (SSSR count). The first kappa shape index (κ1) is 15.4. The summed E-state index contributed by atoms with van der Waals surface area (Å²) in [6.07, 6.45) is 4.28. The Labute approximate surface area is 124 Å². The van der Waals surface area contributed by atoms with Crippen LogP contribution in [0.1, 0.15) is 38.2 Å². The van der Waals surface area contributed by atoms with E-state index in [2.05, 4.69) is 17.6 Å². The number of carbonyl (C=O) groups is 2. The molecule has 0 radical (unpaired) electrons. The molecule has 5 nitrogen and oxygen atoms in total. The first-order chi connectivity index (χ1) is 10.0. The maximum Gasteiger partial charge on any atom is 0.319 e. The second-order valence-corrected chi connectivity index (χ2v) is 5.79. The van der Waals surface area contributed by atoms with Gasteiger partial charge in [0.05, 0.1) is 6.42 Å². The number of carbonyl (C=O) groups excluding carboxylic acids is 1. The van der Waals surface area contributed by atoms with E-state index in [1.54, 1.807) is 24.3 Å². The summed E-state index contributed by atoms with van der Waals surface area (Å²) in [6, 6.07) is 6.94. The number of carboxylic acid groups (broad SMARTS) is 1. The van der Waals surface area contributed by atoms with Crippen molar-refractivity contribution in [2.24, 2.45) is 5.92 Å². The molecule has 1 fully saturated rings. The predicted molar refractivity (Wildman–Crippen MR) is 81.4 cm³/mol. The Balaban J connectivity index is 1.94. The highest BCUT2D eigenvalue weighted by Crippen LogP contribution is 2.23. The molecule has 0 spiro atoms. The van der Waals surface area contributed by atoms with Crippen molar-refractivity contribution >= 4 is 17.7 Å². The first-order valence-electron chi connectivity index (χ1n) is 7.42. The van der Waals surface area contributed by atoms with Crippen LogP contribution in [-0.2, 0) is 11.2 Å². The van der Waals surface area contributed by atoms with Gasteiger partial charge >= 0.3 is 12.0 Å². The zero-order valence-electron chi connectivity index (χ0n) is 12.3. The van der Waals surface area contributed by atoms with Gasteiger partial charge in [0.15, 0.2) is 0 Å². The molecule has 1 aromatic carbocycles. The summed E-state index contributed by atoms with van der Waals surface area (Å²) in [5.41, 5.74) is 1.17. The Morgan fingerprint density at radius 1 is 1.29 bits per heavy atom. The quantitative estimate of drug-likeness (QED) is 0.797. The second-order valence-electron chi connectivity index (χ2n) is 5.79. The highest BCUT2D eigenvalue weighted by atomic mass is 16.4. The highest BCUT2D eigenvalue weighted by Gasteiger charge is 2.20. The fourth-order valence-corrected chi connectivity index (χ4v) is 2.87. The second kappa shape index (κ2) is 7.11. The molecule has 2 amide bonds. The van der Waals surface area contributed by atoms with Crippen molar-refractivity contribution in [2.75, 3.05) is 5.32 Å². The average molecular weight is 290 g/mol. The third kappa shape index (κ3) is 4.77. The van der Waals surface area contributed by atoms with E-state index in [9.17, 15) is 9.59 Å². The third-order valence-corrected chi connectivity index (χ3v) is 3.88. The Hall–Kier alpha value is -2.04. The Kier molecular flexibility index (Phi) is 5.20. The number of aliphatic carboxylic acids is 1. The first-order valence-corrected chi connectivity index (χ1v) is 7.42. The fraction of sp³-hybridized carbons (Fsp3) is 0.500. The SMILES string of the molecule is CC1CCCC(NC(=O)Nc2ccccc2CC(=O)O)C1. The van der Waals surface area contributed by atoms with E-state index in [1.165, 1.54) is 6.42 Å². The molecule has 1 aromatic rings. The van der Waals surface area contributed by atoms with Crippen LogP contribution < -0.4 is 10.6 Å². The predicted octanol–water partition coefficient (Wildman–Crippen LogP) is 3.01. The van der Waals surface area contributed by atoms with Gasteiger partial charge in [-0.3, -0.25) is 4.79 Å². The maximum atomic E-state index is 12.1. The van der Waals surface area contributed by atoms with Gasteiger partial charge in [-0.25, -0.2) is 4.79 Å². The molecule has 5 heteroatoms. The smallest absolute Gasteiger partial charge is 0.319 e. The lowest BCUT2D eigenvalue weighted by Crippen LogP contribution is -2.40. The van der Waals surface area contributed by atoms with E-state index in [0.717, 1.165) is 19.3 Å². The van der Waals surface area contributed by atoms with Gasteiger partial charge in [-0.15, -0.1) is 0 Å². The maximum absolute atomic E-state index is 12.1. The molecule has 1 aliphatic rings. The topological polar surface area (TPSA) is 78.4 Å². The summed E-state index contributed by atoms with van der Waals surface area (Å²) in [6.45, 7) is 2.20. The Morgan fingerprint density at radius 2 is 2.05 bits per heavy atom. The van der Waals surface area contributed by atoms with Gasteiger partial charge in [-0.05, 0) is 30.4 Å². The molecule has 21 heavy (non-hydrogen) atoms. The van der Waals surface area contributed by atoms with Gasteiger partial charge in [-0.1, -0.05) is 38.0 Å². The average Bonchev–Trinajstić information content (AvgIpc) is 2.40. The standard InChI is InChI=1S/C16H22N2O3/c1-11-5-4-7-13(9-11)17-16(21)18-14-8-3-2-6-12(14)10-15(19)20/h2-3,6,8,11,13H,4-5,7,9-10H2,1H3,(H,19,20)(H2,17,18,21). The summed E-state index contributed by atoms with van der Waals surface area (Å²) in [5.74, 6) is -0.269. The molecule has 2 atom stereocenters. The Morgan fingerprint density at radius 3 is 2.76 bits per heavy atom. The fourth-order valence-electron chi connectivity index (χ4n) is 2.87. The number of hydrogen-bond donors (Lipinski definition) is 3. The van der Waals surface area contributed by atoms with Crippen molar-refractivity contribution in [2.45, 2.75) is 45.1 Å². The summed E-state index contributed by atoms with van der Waals surface area (Å²) in [7, 11) is 0. The molecule has 1 saturated carbocycles. The molecule has 2 unspecified atom stereocenters. The van der Waals surface area contributed by atoms with Gasteiger partial charge in [0.25, 0.3) is 0 Å². The number of benzene rings is 1. The van der Waals surface area contributed by atoms with Crippen LogP contribution in [0.25, 0.3) is 0 Å². The van der Waals surface area contributed by atoms with Crippen LogP contribution in [0, 0.1) is 5.92 Å². The minimum atomic E-state index is -0.911. The molecule has 0 aromatic heterocycles. The normalized spacial score (nSPS) is 21.6. The van der Waals surface area contributed by atoms with E-state index in [4.69, 9.17) is 5.11 Å². The lowest BCUT2D eigenvalue weighted by atomic mass is 9.87. The highest BCUT2D eigenvalue weighted by molar-refractivity contribution is 5.91. The summed E-state index contributed by atoms with van der Waals surface area (Å²) < 4.78 is 0. The number of hydrogen-bond acceptors (Lipinski definition) is 2. The van der Waals surface area contributed by atoms with Gasteiger partial charge < -0.3 is 15.7 Å². The van der Waals surface area contributed by atoms with Gasteiger partial charge in [0.2, 0.25) is 0 Å². The number of urea groups is 1. The van der Waals surface area contributed by atoms with Crippen molar-refractivity contribution in [3.8, 4) is 0 Å². The van der Waals surface area contributed by atoms with Crippen LogP contribution in [0.2, 0.25) is 0 Å². The van der Waals surface area contributed by atoms with Crippen molar-refractivity contribution in [1.82, 2.24) is 5.32 Å². The van der Waals surface area contributed by atoms with E-state index in [-0.39, 0.29) is 18.5 Å². The molecule has 3 N–H and O–H groups in total. The lowest BCUT2D eigenvalue weighted by Gasteiger charge is -2.27. The van der Waals surface area contributed by atoms with E-state index in [1.807, 2.05) is 0 Å². The van der Waals surface area contributed by atoms with Gasteiger partial charge in [0, 0.05) is 11.7 Å². The van der Waals surface area contributed by atoms with Crippen molar-refractivity contribution in [3.05, 3.63) is 29.8 Å². The third-order valence-electron chi connectivity index (χ3n) is 3.88. The zero-order chi connectivity index (χ0) is 15.2. The van der Waals surface area contributed by atoms with E-state index >= 15 is 0 Å². The van der Waals surface area contributed by atoms with Crippen LogP contribution in [0.15, 0.2) is 24.3 Å². The van der Waals surface area contributed by atoms with E-state index < -0.39 is 5.97 Å². The molecular formula is C16H22N2O3. The monoisotopic (exact) mass is 290 g/mol. The van der Waals surface area contributed by atoms with Crippen LogP contribution in [0.5, 0.6) is 0 Å². The minimum absolute atomic E-state index is 0.100. The van der Waals surface area contributed by atoms with Crippen molar-refractivity contribution in [3.63, 3.8) is 0 Å². The van der Waals surface area contributed by atoms with Crippen molar-refractivity contribution in [1.29, 1.82) is 0 Å². The molecule has 0 bridgehead atoms. The van der Waals surface area contributed by atoms with Crippen LogP contribution >= 0.6 is 0 Å². The molecule has 114 valence electrons. The van der Waals surface area contributed by atoms with Crippen LogP contribution in [0.4, 0.5) is 10.5 Å². The largest absolute Gasteiger partial charge is 0.481 e. The molecular weight excluding hydrogens is 268 g/mol. The molecule has 0 heterocycles. The number of carboxylic acids is 1. The Bertz CT molecular complexity index is 516. The van der Waals surface area contributed by atoms with Crippen molar-refractivity contribution < 1.29 is 14.7 Å². The zero-order valence-corrected chi connectivity index (χ0v) is 12.3. The minimum Gasteiger partial charge on any atom is -0.481 e. The molecule has 1 aliphatic carbocycles. The lowest BCUT2D eigenvalue weighted by molar-refractivity contribution is -0.136. The van der Waals surface area contributed by atoms with Gasteiger partial charge in [-0.2, -0.15) is 0 Å². The summed E-state index contributed by atoms with van der Waals surface area (Å²) in [5, 5.41) is 14.6. The van der Waals surface area contributed by atoms with E-state index in [0.29, 0.717) is 17.2 Å². The van der Waals surface area contributed by atoms with Crippen LogP contribution in [-0.4, -0.2) is 23.1 Å². The summed E-state index contributed by atoms with van der Waals surface area (Å²) in [4.78, 5) is 22.9. The van der Waals surface area contributed by atoms with Crippen LogP contribution in [0.3, 0.4) is 0 Å².